The van der Waals surface area contributed by atoms with Crippen LogP contribution >= 0.6 is 11.6 Å². The first-order valence-electron chi connectivity index (χ1n) is 5.82. The highest BCUT2D eigenvalue weighted by atomic mass is 35.5. The lowest BCUT2D eigenvalue weighted by atomic mass is 10.0. The number of nitrogens with zero attached hydrogens (tertiary/aromatic N) is 1. The zero-order chi connectivity index (χ0) is 14.9. The van der Waals surface area contributed by atoms with Crippen LogP contribution in [0.3, 0.4) is 0 Å². The molecule has 0 unspecified atom stereocenters. The van der Waals surface area contributed by atoms with Gasteiger partial charge in [-0.25, -0.2) is 8.42 Å². The minimum atomic E-state index is -3.36. The summed E-state index contributed by atoms with van der Waals surface area (Å²) < 4.78 is 27.8. The molecule has 1 aromatic heterocycles. The number of benzene rings is 1. The molecule has 0 aliphatic heterocycles. The van der Waals surface area contributed by atoms with Crippen molar-refractivity contribution in [2.75, 3.05) is 6.26 Å². The van der Waals surface area contributed by atoms with E-state index in [0.717, 1.165) is 6.26 Å². The van der Waals surface area contributed by atoms with Gasteiger partial charge in [-0.3, -0.25) is 4.79 Å². The fraction of sp³-hybridized carbons (Fsp3) is 0.231. The number of ketones is 1. The number of carbonyl (C=O) groups excluding carboxylic acids is 1. The van der Waals surface area contributed by atoms with Crippen molar-refractivity contribution in [2.45, 2.75) is 18.2 Å². The Hall–Kier alpha value is -1.66. The molecule has 2 rings (SSSR count). The number of aryl methyl sites for hydroxylation is 1. The molecular weight excluding hydrogens is 302 g/mol. The van der Waals surface area contributed by atoms with Gasteiger partial charge in [0.1, 0.15) is 5.76 Å². The molecule has 0 fully saturated rings. The molecule has 0 amide bonds. The average Bonchev–Trinajstić information content (AvgIpc) is 2.85. The van der Waals surface area contributed by atoms with Gasteiger partial charge in [-0.1, -0.05) is 23.7 Å². The van der Waals surface area contributed by atoms with E-state index in [1.807, 2.05) is 6.92 Å². The third-order valence-electron chi connectivity index (χ3n) is 2.82. The molecule has 0 radical (unpaired) electrons. The van der Waals surface area contributed by atoms with Crippen LogP contribution in [0.2, 0.25) is 5.02 Å². The largest absolute Gasteiger partial charge is 0.361 e. The highest BCUT2D eigenvalue weighted by Gasteiger charge is 2.20. The lowest BCUT2D eigenvalue weighted by Crippen LogP contribution is -2.05. The first-order chi connectivity index (χ1) is 9.34. The van der Waals surface area contributed by atoms with Gasteiger partial charge in [0, 0.05) is 18.2 Å². The van der Waals surface area contributed by atoms with Crippen molar-refractivity contribution in [2.24, 2.45) is 0 Å². The van der Waals surface area contributed by atoms with Crippen LogP contribution in [0.1, 0.15) is 28.6 Å². The monoisotopic (exact) mass is 313 g/mol. The molecule has 1 aromatic carbocycles. The Bertz CT molecular complexity index is 764. The van der Waals surface area contributed by atoms with E-state index >= 15 is 0 Å². The van der Waals surface area contributed by atoms with Crippen LogP contribution in [0.4, 0.5) is 0 Å². The molecular formula is C13H12ClNO4S. The van der Waals surface area contributed by atoms with Crippen molar-refractivity contribution in [3.8, 4) is 0 Å². The summed E-state index contributed by atoms with van der Waals surface area (Å²) in [5.41, 5.74) is 0.554. The van der Waals surface area contributed by atoms with Crippen molar-refractivity contribution in [1.29, 1.82) is 0 Å². The number of aromatic nitrogens is 1. The van der Waals surface area contributed by atoms with E-state index in [1.54, 1.807) is 0 Å². The van der Waals surface area contributed by atoms with E-state index in [1.165, 1.54) is 24.4 Å². The fourth-order valence-electron chi connectivity index (χ4n) is 1.76. The Morgan fingerprint density at radius 3 is 2.60 bits per heavy atom. The van der Waals surface area contributed by atoms with E-state index in [-0.39, 0.29) is 21.3 Å². The van der Waals surface area contributed by atoms with Crippen LogP contribution in [-0.4, -0.2) is 25.6 Å². The summed E-state index contributed by atoms with van der Waals surface area (Å²) in [6, 6.07) is 4.02. The topological polar surface area (TPSA) is 77.2 Å². The maximum atomic E-state index is 12.3. The molecule has 5 nitrogen and oxygen atoms in total. The van der Waals surface area contributed by atoms with Gasteiger partial charge in [-0.05, 0) is 18.2 Å². The second-order valence-electron chi connectivity index (χ2n) is 4.26. The molecule has 0 saturated heterocycles. The van der Waals surface area contributed by atoms with Gasteiger partial charge >= 0.3 is 0 Å². The zero-order valence-corrected chi connectivity index (χ0v) is 12.5. The Morgan fingerprint density at radius 2 is 2.05 bits per heavy atom. The third kappa shape index (κ3) is 2.76. The van der Waals surface area contributed by atoms with Gasteiger partial charge in [-0.15, -0.1) is 0 Å². The van der Waals surface area contributed by atoms with E-state index in [4.69, 9.17) is 16.1 Å². The highest BCUT2D eigenvalue weighted by molar-refractivity contribution is 7.90. The maximum Gasteiger partial charge on any atom is 0.199 e. The Kier molecular flexibility index (Phi) is 3.96. The maximum absolute atomic E-state index is 12.3. The Labute approximate surface area is 121 Å². The van der Waals surface area contributed by atoms with E-state index in [0.29, 0.717) is 17.7 Å². The smallest absolute Gasteiger partial charge is 0.199 e. The lowest BCUT2D eigenvalue weighted by molar-refractivity contribution is 0.103. The summed E-state index contributed by atoms with van der Waals surface area (Å²) in [5, 5.41) is 3.68. The molecule has 7 heteroatoms. The first kappa shape index (κ1) is 14.7. The molecule has 2 aromatic rings. The number of rotatable bonds is 4. The third-order valence-corrected chi connectivity index (χ3v) is 4.25. The van der Waals surface area contributed by atoms with Crippen LogP contribution in [0.15, 0.2) is 33.8 Å². The van der Waals surface area contributed by atoms with Crippen LogP contribution in [0.5, 0.6) is 0 Å². The summed E-state index contributed by atoms with van der Waals surface area (Å²) >= 11 is 6.01. The van der Waals surface area contributed by atoms with E-state index < -0.39 is 9.84 Å². The predicted octanol–water partition coefficient (Wildman–Crippen LogP) is 2.52. The molecule has 106 valence electrons. The molecule has 0 N–H and O–H groups in total. The molecule has 0 bridgehead atoms. The number of sulfone groups is 1. The second-order valence-corrected chi connectivity index (χ2v) is 6.68. The second kappa shape index (κ2) is 5.38. The molecule has 0 aliphatic rings. The normalized spacial score (nSPS) is 11.6. The first-order valence-corrected chi connectivity index (χ1v) is 8.09. The van der Waals surface area contributed by atoms with E-state index in [9.17, 15) is 13.2 Å². The summed E-state index contributed by atoms with van der Waals surface area (Å²) in [6.45, 7) is 1.84. The molecule has 1 heterocycles. The summed E-state index contributed by atoms with van der Waals surface area (Å²) in [6.07, 6.45) is 2.94. The highest BCUT2D eigenvalue weighted by Crippen LogP contribution is 2.24. The van der Waals surface area contributed by atoms with Gasteiger partial charge < -0.3 is 4.52 Å². The quantitative estimate of drug-likeness (QED) is 0.811. The minimum Gasteiger partial charge on any atom is -0.361 e. The zero-order valence-electron chi connectivity index (χ0n) is 10.9. The van der Waals surface area contributed by atoms with Crippen molar-refractivity contribution in [3.05, 3.63) is 46.3 Å². The van der Waals surface area contributed by atoms with Gasteiger partial charge in [0.2, 0.25) is 0 Å². The Morgan fingerprint density at radius 1 is 1.35 bits per heavy atom. The fourth-order valence-corrected chi connectivity index (χ4v) is 2.74. The number of halogens is 1. The van der Waals surface area contributed by atoms with Crippen molar-refractivity contribution < 1.29 is 17.7 Å². The van der Waals surface area contributed by atoms with Crippen molar-refractivity contribution in [1.82, 2.24) is 5.16 Å². The summed E-state index contributed by atoms with van der Waals surface area (Å²) in [4.78, 5) is 12.4. The molecule has 0 saturated carbocycles. The Balaban J connectivity index is 2.47. The molecule has 0 atom stereocenters. The van der Waals surface area contributed by atoms with Gasteiger partial charge in [0.15, 0.2) is 15.6 Å². The van der Waals surface area contributed by atoms with Gasteiger partial charge in [0.25, 0.3) is 0 Å². The predicted molar refractivity (Wildman–Crippen MR) is 73.9 cm³/mol. The average molecular weight is 314 g/mol. The molecule has 0 aliphatic carbocycles. The van der Waals surface area contributed by atoms with Gasteiger partial charge in [-0.2, -0.15) is 0 Å². The number of hydrogen-bond donors (Lipinski definition) is 0. The SMILES string of the molecule is CCc1oncc1C(=O)c1ccc(S(C)(=O)=O)cc1Cl. The number of carbonyl (C=O) groups is 1. The molecule has 20 heavy (non-hydrogen) atoms. The minimum absolute atomic E-state index is 0.0695. The summed E-state index contributed by atoms with van der Waals surface area (Å²) in [7, 11) is -3.36. The van der Waals surface area contributed by atoms with Crippen LogP contribution in [-0.2, 0) is 16.3 Å². The standard InChI is InChI=1S/C13H12ClNO4S/c1-3-12-10(7-15-19-12)13(16)9-5-4-8(6-11(9)14)20(2,17)18/h4-7H,3H2,1-2H3. The van der Waals surface area contributed by atoms with Crippen molar-refractivity contribution >= 4 is 27.2 Å². The van der Waals surface area contributed by atoms with Crippen molar-refractivity contribution in [3.63, 3.8) is 0 Å². The van der Waals surface area contributed by atoms with Crippen LogP contribution < -0.4 is 0 Å². The van der Waals surface area contributed by atoms with Crippen LogP contribution in [0.25, 0.3) is 0 Å². The van der Waals surface area contributed by atoms with Crippen LogP contribution in [0, 0.1) is 0 Å². The lowest BCUT2D eigenvalue weighted by Gasteiger charge is -2.05. The molecule has 0 spiro atoms. The van der Waals surface area contributed by atoms with E-state index in [2.05, 4.69) is 5.16 Å². The van der Waals surface area contributed by atoms with Gasteiger partial charge in [0.05, 0.1) is 21.7 Å². The number of hydrogen-bond acceptors (Lipinski definition) is 5. The summed E-state index contributed by atoms with van der Waals surface area (Å²) in [5.74, 6) is 0.131.